The lowest BCUT2D eigenvalue weighted by Gasteiger charge is -2.20. The van der Waals surface area contributed by atoms with Crippen molar-refractivity contribution in [1.29, 1.82) is 0 Å². The number of aromatic nitrogens is 2. The fourth-order valence-electron chi connectivity index (χ4n) is 1.80. The van der Waals surface area contributed by atoms with Gasteiger partial charge in [-0.3, -0.25) is 0 Å². The summed E-state index contributed by atoms with van der Waals surface area (Å²) < 4.78 is 0. The minimum absolute atomic E-state index is 0.150. The molecule has 2 unspecified atom stereocenters. The summed E-state index contributed by atoms with van der Waals surface area (Å²) in [4.78, 5) is 10.0. The summed E-state index contributed by atoms with van der Waals surface area (Å²) in [5.74, 6) is 1.67. The smallest absolute Gasteiger partial charge is 0.226 e. The molecule has 3 N–H and O–H groups in total. The SMILES string of the molecule is CCCNc1nc(NC(C)C(C)CO)c2ccsc2n1. The Balaban J connectivity index is 2.27. The van der Waals surface area contributed by atoms with Crippen LogP contribution < -0.4 is 10.6 Å². The lowest BCUT2D eigenvalue weighted by molar-refractivity contribution is 0.226. The molecule has 2 atom stereocenters. The van der Waals surface area contributed by atoms with Gasteiger partial charge in [-0.05, 0) is 30.7 Å². The molecule has 2 heterocycles. The van der Waals surface area contributed by atoms with Crippen molar-refractivity contribution in [2.45, 2.75) is 33.2 Å². The molecule has 0 fully saturated rings. The zero-order chi connectivity index (χ0) is 14.5. The fraction of sp³-hybridized carbons (Fsp3) is 0.571. The van der Waals surface area contributed by atoms with E-state index in [1.165, 1.54) is 0 Å². The number of nitrogens with zero attached hydrogens (tertiary/aromatic N) is 2. The Morgan fingerprint density at radius 2 is 2.15 bits per heavy atom. The van der Waals surface area contributed by atoms with Gasteiger partial charge in [-0.2, -0.15) is 4.98 Å². The van der Waals surface area contributed by atoms with Crippen LogP contribution in [0.25, 0.3) is 10.2 Å². The van der Waals surface area contributed by atoms with Gasteiger partial charge in [-0.15, -0.1) is 11.3 Å². The second-order valence-corrected chi connectivity index (χ2v) is 5.95. The van der Waals surface area contributed by atoms with Gasteiger partial charge in [0.15, 0.2) is 0 Å². The molecule has 2 aromatic rings. The molecule has 20 heavy (non-hydrogen) atoms. The molecule has 2 rings (SSSR count). The van der Waals surface area contributed by atoms with E-state index in [-0.39, 0.29) is 18.6 Å². The number of thiophene rings is 1. The van der Waals surface area contributed by atoms with Crippen LogP contribution in [0.15, 0.2) is 11.4 Å². The summed E-state index contributed by atoms with van der Waals surface area (Å²) in [5, 5.41) is 18.9. The summed E-state index contributed by atoms with van der Waals surface area (Å²) in [5.41, 5.74) is 0. The second-order valence-electron chi connectivity index (χ2n) is 5.05. The molecule has 0 radical (unpaired) electrons. The summed E-state index contributed by atoms with van der Waals surface area (Å²) in [6, 6.07) is 2.18. The minimum atomic E-state index is 0.150. The average molecular weight is 294 g/mol. The molecule has 6 heteroatoms. The standard InChI is InChI=1S/C14H22N4OS/c1-4-6-15-14-17-12(16-10(3)9(2)8-19)11-5-7-20-13(11)18-14/h5,7,9-10,19H,4,6,8H2,1-3H3,(H2,15,16,17,18). The summed E-state index contributed by atoms with van der Waals surface area (Å²) in [7, 11) is 0. The van der Waals surface area contributed by atoms with Crippen LogP contribution in [0, 0.1) is 5.92 Å². The van der Waals surface area contributed by atoms with Crippen LogP contribution in [0.4, 0.5) is 11.8 Å². The normalized spacial score (nSPS) is 14.2. The summed E-state index contributed by atoms with van der Waals surface area (Å²) in [6.07, 6.45) is 1.03. The van der Waals surface area contributed by atoms with Crippen molar-refractivity contribution in [3.8, 4) is 0 Å². The van der Waals surface area contributed by atoms with Crippen molar-refractivity contribution >= 4 is 33.3 Å². The lowest BCUT2D eigenvalue weighted by Crippen LogP contribution is -2.27. The van der Waals surface area contributed by atoms with Crippen molar-refractivity contribution in [1.82, 2.24) is 9.97 Å². The number of hydrogen-bond donors (Lipinski definition) is 3. The summed E-state index contributed by atoms with van der Waals surface area (Å²) in [6.45, 7) is 7.20. The van der Waals surface area contributed by atoms with Crippen molar-refractivity contribution < 1.29 is 5.11 Å². The van der Waals surface area contributed by atoms with Crippen LogP contribution in [-0.2, 0) is 0 Å². The monoisotopic (exact) mass is 294 g/mol. The molecule has 0 amide bonds. The third-order valence-corrected chi connectivity index (χ3v) is 4.17. The van der Waals surface area contributed by atoms with Crippen molar-refractivity contribution in [3.63, 3.8) is 0 Å². The molecule has 0 spiro atoms. The quantitative estimate of drug-likeness (QED) is 0.732. The van der Waals surface area contributed by atoms with Crippen molar-refractivity contribution in [2.24, 2.45) is 5.92 Å². The zero-order valence-electron chi connectivity index (χ0n) is 12.2. The first-order valence-corrected chi connectivity index (χ1v) is 7.90. The van der Waals surface area contributed by atoms with E-state index in [0.717, 1.165) is 29.0 Å². The average Bonchev–Trinajstić information content (AvgIpc) is 2.92. The van der Waals surface area contributed by atoms with Crippen LogP contribution in [-0.4, -0.2) is 34.3 Å². The molecule has 0 saturated heterocycles. The van der Waals surface area contributed by atoms with E-state index in [0.29, 0.717) is 5.95 Å². The first kappa shape index (κ1) is 15.0. The maximum atomic E-state index is 9.24. The van der Waals surface area contributed by atoms with E-state index < -0.39 is 0 Å². The first-order valence-electron chi connectivity index (χ1n) is 7.02. The molecular formula is C14H22N4OS. The van der Waals surface area contributed by atoms with E-state index in [2.05, 4.69) is 34.4 Å². The van der Waals surface area contributed by atoms with E-state index in [4.69, 9.17) is 0 Å². The van der Waals surface area contributed by atoms with Crippen LogP contribution in [0.5, 0.6) is 0 Å². The van der Waals surface area contributed by atoms with Crippen LogP contribution in [0.1, 0.15) is 27.2 Å². The van der Waals surface area contributed by atoms with Gasteiger partial charge in [-0.1, -0.05) is 13.8 Å². The third-order valence-electron chi connectivity index (χ3n) is 3.36. The Bertz CT molecular complexity index is 557. The molecule has 0 saturated carbocycles. The van der Waals surface area contributed by atoms with Gasteiger partial charge in [0.2, 0.25) is 5.95 Å². The number of aliphatic hydroxyl groups excluding tert-OH is 1. The number of rotatable bonds is 7. The van der Waals surface area contributed by atoms with Crippen LogP contribution in [0.2, 0.25) is 0 Å². The molecule has 0 bridgehead atoms. The maximum Gasteiger partial charge on any atom is 0.226 e. The van der Waals surface area contributed by atoms with Gasteiger partial charge < -0.3 is 15.7 Å². The Morgan fingerprint density at radius 3 is 2.85 bits per heavy atom. The zero-order valence-corrected chi connectivity index (χ0v) is 13.0. The number of nitrogens with one attached hydrogen (secondary N) is 2. The van der Waals surface area contributed by atoms with Crippen LogP contribution >= 0.6 is 11.3 Å². The topological polar surface area (TPSA) is 70.1 Å². The van der Waals surface area contributed by atoms with Crippen LogP contribution in [0.3, 0.4) is 0 Å². The highest BCUT2D eigenvalue weighted by molar-refractivity contribution is 7.16. The van der Waals surface area contributed by atoms with E-state index in [1.807, 2.05) is 18.4 Å². The largest absolute Gasteiger partial charge is 0.396 e. The van der Waals surface area contributed by atoms with Crippen molar-refractivity contribution in [2.75, 3.05) is 23.8 Å². The molecule has 0 aliphatic heterocycles. The van der Waals surface area contributed by atoms with Gasteiger partial charge in [0.05, 0.1) is 5.39 Å². The van der Waals surface area contributed by atoms with Crippen molar-refractivity contribution in [3.05, 3.63) is 11.4 Å². The number of anilines is 2. The highest BCUT2D eigenvalue weighted by Crippen LogP contribution is 2.27. The van der Waals surface area contributed by atoms with Gasteiger partial charge in [0.25, 0.3) is 0 Å². The minimum Gasteiger partial charge on any atom is -0.396 e. The molecule has 5 nitrogen and oxygen atoms in total. The van der Waals surface area contributed by atoms with E-state index in [9.17, 15) is 5.11 Å². The number of aliphatic hydroxyl groups is 1. The fourth-order valence-corrected chi connectivity index (χ4v) is 2.56. The molecule has 0 aliphatic carbocycles. The van der Waals surface area contributed by atoms with E-state index >= 15 is 0 Å². The molecule has 110 valence electrons. The number of hydrogen-bond acceptors (Lipinski definition) is 6. The first-order chi connectivity index (χ1) is 9.65. The predicted octanol–water partition coefficient (Wildman–Crippen LogP) is 2.94. The maximum absolute atomic E-state index is 9.24. The van der Waals surface area contributed by atoms with Gasteiger partial charge in [0.1, 0.15) is 10.6 Å². The van der Waals surface area contributed by atoms with Gasteiger partial charge in [-0.25, -0.2) is 4.98 Å². The second kappa shape index (κ2) is 6.85. The predicted molar refractivity (Wildman–Crippen MR) is 85.5 cm³/mol. The Kier molecular flexibility index (Phi) is 5.14. The Labute approximate surface area is 123 Å². The Hall–Kier alpha value is -1.40. The van der Waals surface area contributed by atoms with E-state index in [1.54, 1.807) is 11.3 Å². The lowest BCUT2D eigenvalue weighted by atomic mass is 10.1. The third kappa shape index (κ3) is 3.37. The van der Waals surface area contributed by atoms with Gasteiger partial charge in [0, 0.05) is 19.2 Å². The summed E-state index contributed by atoms with van der Waals surface area (Å²) >= 11 is 1.61. The Morgan fingerprint density at radius 1 is 1.35 bits per heavy atom. The van der Waals surface area contributed by atoms with Gasteiger partial charge >= 0.3 is 0 Å². The molecular weight excluding hydrogens is 272 g/mol. The molecule has 2 aromatic heterocycles. The molecule has 0 aromatic carbocycles. The highest BCUT2D eigenvalue weighted by atomic mass is 32.1. The highest BCUT2D eigenvalue weighted by Gasteiger charge is 2.15. The number of fused-ring (bicyclic) bond motifs is 1. The molecule has 0 aliphatic rings.